The summed E-state index contributed by atoms with van der Waals surface area (Å²) in [6.45, 7) is 2.74. The summed E-state index contributed by atoms with van der Waals surface area (Å²) in [5, 5.41) is 7.32. The van der Waals surface area contributed by atoms with Gasteiger partial charge in [-0.15, -0.1) is 0 Å². The number of hydrazone groups is 1. The highest BCUT2D eigenvalue weighted by atomic mass is 32.2. The zero-order valence-corrected chi connectivity index (χ0v) is 18.4. The van der Waals surface area contributed by atoms with Crippen LogP contribution in [0.4, 0.5) is 5.69 Å². The molecule has 2 heterocycles. The first-order chi connectivity index (χ1) is 15.1. The highest BCUT2D eigenvalue weighted by molar-refractivity contribution is 8.19. The van der Waals surface area contributed by atoms with Crippen LogP contribution in [0.15, 0.2) is 63.7 Å². The van der Waals surface area contributed by atoms with Crippen molar-refractivity contribution in [2.75, 3.05) is 32.4 Å². The number of nitrogens with zero attached hydrogens (tertiary/aromatic N) is 3. The van der Waals surface area contributed by atoms with Gasteiger partial charge in [0.15, 0.2) is 11.5 Å². The molecule has 2 aliphatic heterocycles. The fourth-order valence-corrected chi connectivity index (χ4v) is 4.28. The molecule has 0 N–H and O–H groups in total. The number of allylic oxidation sites excluding steroid dienone is 1. The molecule has 0 saturated heterocycles. The molecule has 0 saturated carbocycles. The van der Waals surface area contributed by atoms with Gasteiger partial charge in [-0.05, 0) is 61.0 Å². The van der Waals surface area contributed by atoms with E-state index >= 15 is 0 Å². The first kappa shape index (κ1) is 21.0. The number of benzene rings is 2. The Morgan fingerprint density at radius 3 is 2.61 bits per heavy atom. The number of aliphatic imine (C=N–C) groups is 1. The van der Waals surface area contributed by atoms with E-state index in [1.165, 1.54) is 11.8 Å². The fraction of sp³-hybridized carbons (Fsp3) is 0.261. The maximum Gasteiger partial charge on any atom is 0.365 e. The van der Waals surface area contributed by atoms with Crippen LogP contribution in [0.25, 0.3) is 0 Å². The zero-order valence-electron chi connectivity index (χ0n) is 17.6. The van der Waals surface area contributed by atoms with E-state index in [0.717, 1.165) is 34.0 Å². The summed E-state index contributed by atoms with van der Waals surface area (Å²) < 4.78 is 16.1. The van der Waals surface area contributed by atoms with E-state index in [9.17, 15) is 4.79 Å². The van der Waals surface area contributed by atoms with Gasteiger partial charge < -0.3 is 14.2 Å². The van der Waals surface area contributed by atoms with Crippen LogP contribution < -0.4 is 14.5 Å². The monoisotopic (exact) mass is 437 g/mol. The van der Waals surface area contributed by atoms with Crippen LogP contribution in [-0.4, -0.2) is 44.1 Å². The van der Waals surface area contributed by atoms with Gasteiger partial charge in [-0.1, -0.05) is 18.2 Å². The lowest BCUT2D eigenvalue weighted by atomic mass is 9.96. The Bertz CT molecular complexity index is 1080. The summed E-state index contributed by atoms with van der Waals surface area (Å²) in [5.41, 5.74) is 3.78. The van der Waals surface area contributed by atoms with Crippen LogP contribution in [0.5, 0.6) is 11.5 Å². The average Bonchev–Trinajstić information content (AvgIpc) is 3.23. The van der Waals surface area contributed by atoms with Gasteiger partial charge in [0.05, 0.1) is 32.2 Å². The fourth-order valence-electron chi connectivity index (χ4n) is 3.41. The van der Waals surface area contributed by atoms with Gasteiger partial charge in [0.1, 0.15) is 5.03 Å². The molecule has 0 atom stereocenters. The van der Waals surface area contributed by atoms with Crippen molar-refractivity contribution >= 4 is 34.2 Å². The molecule has 0 radical (unpaired) electrons. The summed E-state index contributed by atoms with van der Waals surface area (Å²) in [4.78, 5) is 17.1. The molecule has 0 aliphatic carbocycles. The number of anilines is 1. The Hall–Kier alpha value is -3.26. The minimum absolute atomic E-state index is 0.292. The summed E-state index contributed by atoms with van der Waals surface area (Å²) in [6, 6.07) is 13.6. The second-order valence-electron chi connectivity index (χ2n) is 6.74. The molecule has 160 valence electrons. The Balaban J connectivity index is 1.74. The molecule has 0 fully saturated rings. The van der Waals surface area contributed by atoms with Gasteiger partial charge in [-0.25, -0.2) is 9.80 Å². The minimum atomic E-state index is -0.436. The number of hydrogen-bond acceptors (Lipinski definition) is 8. The summed E-state index contributed by atoms with van der Waals surface area (Å²) in [5.74, 6) is 0.912. The maximum absolute atomic E-state index is 12.3. The van der Waals surface area contributed by atoms with Crippen molar-refractivity contribution in [3.63, 3.8) is 0 Å². The number of methoxy groups -OCH3 is 2. The lowest BCUT2D eigenvalue weighted by molar-refractivity contribution is -0.134. The van der Waals surface area contributed by atoms with Gasteiger partial charge >= 0.3 is 5.97 Å². The number of ether oxygens (including phenoxy) is 3. The molecule has 4 rings (SSSR count). The predicted molar refractivity (Wildman–Crippen MR) is 123 cm³/mol. The first-order valence-electron chi connectivity index (χ1n) is 9.94. The Kier molecular flexibility index (Phi) is 6.27. The van der Waals surface area contributed by atoms with E-state index in [1.807, 2.05) is 48.5 Å². The number of rotatable bonds is 6. The van der Waals surface area contributed by atoms with Gasteiger partial charge in [0.25, 0.3) is 0 Å². The molecule has 0 unspecified atom stereocenters. The second-order valence-corrected chi connectivity index (χ2v) is 7.75. The number of para-hydroxylation sites is 1. The van der Waals surface area contributed by atoms with Crippen LogP contribution in [-0.2, 0) is 16.0 Å². The summed E-state index contributed by atoms with van der Waals surface area (Å²) in [7, 11) is 3.25. The number of esters is 1. The molecule has 0 bridgehead atoms. The van der Waals surface area contributed by atoms with E-state index in [-0.39, 0.29) is 0 Å². The molecule has 0 amide bonds. The molecule has 0 spiro atoms. The lowest BCUT2D eigenvalue weighted by Crippen LogP contribution is -2.15. The van der Waals surface area contributed by atoms with Crippen molar-refractivity contribution in [3.8, 4) is 11.5 Å². The van der Waals surface area contributed by atoms with E-state index in [0.29, 0.717) is 29.7 Å². The van der Waals surface area contributed by atoms with Crippen LogP contribution >= 0.6 is 11.8 Å². The Morgan fingerprint density at radius 1 is 1.16 bits per heavy atom. The number of carbonyl (C=O) groups is 1. The van der Waals surface area contributed by atoms with E-state index in [1.54, 1.807) is 26.2 Å². The van der Waals surface area contributed by atoms with Gasteiger partial charge in [-0.3, -0.25) is 4.99 Å². The van der Waals surface area contributed by atoms with Crippen LogP contribution in [0.1, 0.15) is 18.1 Å². The van der Waals surface area contributed by atoms with Gasteiger partial charge in [0.2, 0.25) is 5.04 Å². The SMILES string of the molecule is CCOC(=O)C1=NN(c2ccccc2)C(=CC2=NCCc3cc(OC)c(OC)cc32)S1. The van der Waals surface area contributed by atoms with Crippen molar-refractivity contribution in [3.05, 3.63) is 64.7 Å². The predicted octanol–water partition coefficient (Wildman–Crippen LogP) is 4.02. The first-order valence-corrected chi connectivity index (χ1v) is 10.8. The van der Waals surface area contributed by atoms with Crippen LogP contribution in [0, 0.1) is 0 Å². The highest BCUT2D eigenvalue weighted by Crippen LogP contribution is 2.37. The quantitative estimate of drug-likeness (QED) is 0.636. The minimum Gasteiger partial charge on any atom is -0.493 e. The number of fused-ring (bicyclic) bond motifs is 1. The molecule has 0 aromatic heterocycles. The smallest absolute Gasteiger partial charge is 0.365 e. The standard InChI is InChI=1S/C23H23N3O4S/c1-4-30-23(27)22-25-26(16-8-6-5-7-9-16)21(31-22)14-18-17-13-20(29-3)19(28-2)12-15(17)10-11-24-18/h5-9,12-14H,4,10-11H2,1-3H3. The Morgan fingerprint density at radius 2 is 1.90 bits per heavy atom. The van der Waals surface area contributed by atoms with E-state index < -0.39 is 5.97 Å². The summed E-state index contributed by atoms with van der Waals surface area (Å²) in [6.07, 6.45) is 2.78. The molecule has 8 heteroatoms. The molecule has 2 aromatic carbocycles. The molecule has 2 aromatic rings. The third-order valence-corrected chi connectivity index (χ3v) is 5.80. The molecular formula is C23H23N3O4S. The van der Waals surface area contributed by atoms with E-state index in [2.05, 4.69) is 5.10 Å². The maximum atomic E-state index is 12.3. The highest BCUT2D eigenvalue weighted by Gasteiger charge is 2.29. The van der Waals surface area contributed by atoms with Crippen LogP contribution in [0.2, 0.25) is 0 Å². The number of carbonyl (C=O) groups excluding carboxylic acids is 1. The number of hydrogen-bond donors (Lipinski definition) is 0. The Labute approximate surface area is 185 Å². The molecule has 31 heavy (non-hydrogen) atoms. The zero-order chi connectivity index (χ0) is 21.8. The largest absolute Gasteiger partial charge is 0.493 e. The normalized spacial score (nSPS) is 16.5. The third kappa shape index (κ3) is 4.29. The second kappa shape index (κ2) is 9.26. The van der Waals surface area contributed by atoms with Crippen molar-refractivity contribution < 1.29 is 19.0 Å². The lowest BCUT2D eigenvalue weighted by Gasteiger charge is -2.20. The van der Waals surface area contributed by atoms with E-state index in [4.69, 9.17) is 19.2 Å². The topological polar surface area (TPSA) is 72.7 Å². The van der Waals surface area contributed by atoms with Crippen LogP contribution in [0.3, 0.4) is 0 Å². The number of thioether (sulfide) groups is 1. The van der Waals surface area contributed by atoms with Crippen molar-refractivity contribution in [2.45, 2.75) is 13.3 Å². The van der Waals surface area contributed by atoms with Crippen molar-refractivity contribution in [1.29, 1.82) is 0 Å². The van der Waals surface area contributed by atoms with Crippen molar-refractivity contribution in [2.24, 2.45) is 10.1 Å². The van der Waals surface area contributed by atoms with Gasteiger partial charge in [0, 0.05) is 12.1 Å². The average molecular weight is 438 g/mol. The molecule has 7 nitrogen and oxygen atoms in total. The molecule has 2 aliphatic rings. The molecular weight excluding hydrogens is 414 g/mol. The van der Waals surface area contributed by atoms with Crippen molar-refractivity contribution in [1.82, 2.24) is 0 Å². The third-order valence-electron chi connectivity index (χ3n) is 4.86. The van der Waals surface area contributed by atoms with Gasteiger partial charge in [-0.2, -0.15) is 5.10 Å². The summed E-state index contributed by atoms with van der Waals surface area (Å²) >= 11 is 1.27.